The first-order valence-corrected chi connectivity index (χ1v) is 5.04. The molecule has 1 N–H and O–H groups in total. The largest absolute Gasteiger partial charge is 0.391 e. The van der Waals surface area contributed by atoms with Gasteiger partial charge in [0.2, 0.25) is 5.91 Å². The van der Waals surface area contributed by atoms with E-state index in [2.05, 4.69) is 0 Å². The molecule has 1 aliphatic rings. The summed E-state index contributed by atoms with van der Waals surface area (Å²) < 4.78 is 0. The first-order valence-electron chi connectivity index (χ1n) is 5.04. The van der Waals surface area contributed by atoms with E-state index in [0.717, 1.165) is 12.8 Å². The number of carbonyl (C=O) groups is 1. The number of aliphatic hydroxyl groups is 1. The van der Waals surface area contributed by atoms with E-state index in [9.17, 15) is 9.90 Å². The van der Waals surface area contributed by atoms with Gasteiger partial charge >= 0.3 is 0 Å². The molecule has 0 aromatic carbocycles. The van der Waals surface area contributed by atoms with Crippen LogP contribution >= 0.6 is 0 Å². The third kappa shape index (κ3) is 2.21. The Morgan fingerprint density at radius 1 is 1.69 bits per heavy atom. The van der Waals surface area contributed by atoms with Gasteiger partial charge in [-0.1, -0.05) is 13.8 Å². The molecule has 1 aliphatic heterocycles. The summed E-state index contributed by atoms with van der Waals surface area (Å²) in [5.41, 5.74) is 0. The zero-order chi connectivity index (χ0) is 10.0. The van der Waals surface area contributed by atoms with Crippen LogP contribution in [0.3, 0.4) is 0 Å². The van der Waals surface area contributed by atoms with Gasteiger partial charge in [-0.05, 0) is 19.8 Å². The van der Waals surface area contributed by atoms with Gasteiger partial charge in [-0.3, -0.25) is 4.79 Å². The van der Waals surface area contributed by atoms with Crippen LogP contribution in [0.5, 0.6) is 0 Å². The standard InChI is InChI=1S/C10H19NO2/c1-4-7(2)10(13)11-6-9(12)5-8(11)3/h7-9,12H,4-6H2,1-3H3. The summed E-state index contributed by atoms with van der Waals surface area (Å²) in [5.74, 6) is 0.277. The predicted molar refractivity (Wildman–Crippen MR) is 51.3 cm³/mol. The van der Waals surface area contributed by atoms with Gasteiger partial charge < -0.3 is 10.0 Å². The van der Waals surface area contributed by atoms with Gasteiger partial charge in [0.25, 0.3) is 0 Å². The molecule has 3 unspecified atom stereocenters. The molecule has 0 spiro atoms. The molecule has 76 valence electrons. The van der Waals surface area contributed by atoms with Crippen LogP contribution in [0.1, 0.15) is 33.6 Å². The Bertz CT molecular complexity index is 193. The van der Waals surface area contributed by atoms with E-state index < -0.39 is 0 Å². The number of amides is 1. The van der Waals surface area contributed by atoms with Crippen molar-refractivity contribution in [3.8, 4) is 0 Å². The zero-order valence-corrected chi connectivity index (χ0v) is 8.66. The second-order valence-corrected chi connectivity index (χ2v) is 4.04. The van der Waals surface area contributed by atoms with Crippen molar-refractivity contribution in [3.63, 3.8) is 0 Å². The van der Waals surface area contributed by atoms with Crippen LogP contribution in [0, 0.1) is 5.92 Å². The van der Waals surface area contributed by atoms with Gasteiger partial charge in [-0.25, -0.2) is 0 Å². The van der Waals surface area contributed by atoms with Gasteiger partial charge in [0, 0.05) is 18.5 Å². The fraction of sp³-hybridized carbons (Fsp3) is 0.900. The highest BCUT2D eigenvalue weighted by molar-refractivity contribution is 5.79. The van der Waals surface area contributed by atoms with Crippen LogP contribution in [-0.4, -0.2) is 34.6 Å². The summed E-state index contributed by atoms with van der Waals surface area (Å²) in [6, 6.07) is 0.205. The Kier molecular flexibility index (Phi) is 3.31. The van der Waals surface area contributed by atoms with Crippen LogP contribution in [0.25, 0.3) is 0 Å². The fourth-order valence-electron chi connectivity index (χ4n) is 1.77. The van der Waals surface area contributed by atoms with Crippen LogP contribution in [0.15, 0.2) is 0 Å². The highest BCUT2D eigenvalue weighted by atomic mass is 16.3. The smallest absolute Gasteiger partial charge is 0.225 e. The highest BCUT2D eigenvalue weighted by Crippen LogP contribution is 2.20. The number of hydrogen-bond donors (Lipinski definition) is 1. The molecule has 0 radical (unpaired) electrons. The van der Waals surface area contributed by atoms with Crippen molar-refractivity contribution in [1.29, 1.82) is 0 Å². The average Bonchev–Trinajstić information content (AvgIpc) is 2.42. The SMILES string of the molecule is CCC(C)C(=O)N1CC(O)CC1C. The lowest BCUT2D eigenvalue weighted by atomic mass is 10.1. The van der Waals surface area contributed by atoms with Crippen molar-refractivity contribution in [2.75, 3.05) is 6.54 Å². The fourth-order valence-corrected chi connectivity index (χ4v) is 1.77. The van der Waals surface area contributed by atoms with Crippen molar-refractivity contribution in [1.82, 2.24) is 4.90 Å². The molecule has 3 nitrogen and oxygen atoms in total. The Balaban J connectivity index is 2.57. The van der Waals surface area contributed by atoms with E-state index in [-0.39, 0.29) is 24.0 Å². The molecule has 3 atom stereocenters. The number of likely N-dealkylation sites (tertiary alicyclic amines) is 1. The first kappa shape index (κ1) is 10.5. The summed E-state index contributed by atoms with van der Waals surface area (Å²) >= 11 is 0. The molecule has 3 heteroatoms. The van der Waals surface area contributed by atoms with Crippen molar-refractivity contribution in [2.45, 2.75) is 45.8 Å². The van der Waals surface area contributed by atoms with E-state index in [0.29, 0.717) is 6.54 Å². The summed E-state index contributed by atoms with van der Waals surface area (Å²) in [6.07, 6.45) is 1.28. The van der Waals surface area contributed by atoms with Crippen molar-refractivity contribution < 1.29 is 9.90 Å². The number of carbonyl (C=O) groups excluding carboxylic acids is 1. The minimum atomic E-state index is -0.317. The van der Waals surface area contributed by atoms with E-state index >= 15 is 0 Å². The Morgan fingerprint density at radius 2 is 2.31 bits per heavy atom. The van der Waals surface area contributed by atoms with Crippen molar-refractivity contribution in [2.24, 2.45) is 5.92 Å². The maximum Gasteiger partial charge on any atom is 0.225 e. The maximum absolute atomic E-state index is 11.7. The summed E-state index contributed by atoms with van der Waals surface area (Å²) in [7, 11) is 0. The lowest BCUT2D eigenvalue weighted by Gasteiger charge is -2.24. The molecule has 0 aromatic heterocycles. The molecular formula is C10H19NO2. The summed E-state index contributed by atoms with van der Waals surface area (Å²) in [6.45, 7) is 6.47. The average molecular weight is 185 g/mol. The van der Waals surface area contributed by atoms with Gasteiger partial charge in [0.15, 0.2) is 0 Å². The van der Waals surface area contributed by atoms with E-state index in [1.54, 1.807) is 4.90 Å². The third-order valence-electron chi connectivity index (χ3n) is 2.87. The lowest BCUT2D eigenvalue weighted by Crippen LogP contribution is -2.37. The second-order valence-electron chi connectivity index (χ2n) is 4.04. The van der Waals surface area contributed by atoms with E-state index in [1.807, 2.05) is 20.8 Å². The molecule has 0 aliphatic carbocycles. The van der Waals surface area contributed by atoms with E-state index in [4.69, 9.17) is 0 Å². The molecule has 1 heterocycles. The summed E-state index contributed by atoms with van der Waals surface area (Å²) in [5, 5.41) is 9.38. The van der Waals surface area contributed by atoms with Crippen molar-refractivity contribution in [3.05, 3.63) is 0 Å². The van der Waals surface area contributed by atoms with Crippen molar-refractivity contribution >= 4 is 5.91 Å². The quantitative estimate of drug-likeness (QED) is 0.697. The molecular weight excluding hydrogens is 166 g/mol. The Morgan fingerprint density at radius 3 is 2.69 bits per heavy atom. The molecule has 1 rings (SSSR count). The lowest BCUT2D eigenvalue weighted by molar-refractivity contribution is -0.135. The number of nitrogens with zero attached hydrogens (tertiary/aromatic N) is 1. The first-order chi connectivity index (χ1) is 6.06. The number of rotatable bonds is 2. The molecule has 1 saturated heterocycles. The minimum absolute atomic E-state index is 0.0905. The van der Waals surface area contributed by atoms with Crippen LogP contribution in [0.2, 0.25) is 0 Å². The Labute approximate surface area is 79.7 Å². The van der Waals surface area contributed by atoms with Crippen LogP contribution in [-0.2, 0) is 4.79 Å². The monoisotopic (exact) mass is 185 g/mol. The van der Waals surface area contributed by atoms with Gasteiger partial charge in [0.1, 0.15) is 0 Å². The number of aliphatic hydroxyl groups excluding tert-OH is 1. The normalized spacial score (nSPS) is 30.6. The zero-order valence-electron chi connectivity index (χ0n) is 8.66. The second kappa shape index (κ2) is 4.09. The third-order valence-corrected chi connectivity index (χ3v) is 2.87. The maximum atomic E-state index is 11.7. The molecule has 1 fully saturated rings. The van der Waals surface area contributed by atoms with Crippen LogP contribution in [0.4, 0.5) is 0 Å². The molecule has 13 heavy (non-hydrogen) atoms. The molecule has 0 aromatic rings. The molecule has 0 bridgehead atoms. The Hall–Kier alpha value is -0.570. The van der Waals surface area contributed by atoms with Gasteiger partial charge in [-0.15, -0.1) is 0 Å². The van der Waals surface area contributed by atoms with Gasteiger partial charge in [0.05, 0.1) is 6.10 Å². The van der Waals surface area contributed by atoms with E-state index in [1.165, 1.54) is 0 Å². The molecule has 1 amide bonds. The van der Waals surface area contributed by atoms with Crippen LogP contribution < -0.4 is 0 Å². The highest BCUT2D eigenvalue weighted by Gasteiger charge is 2.32. The number of hydrogen-bond acceptors (Lipinski definition) is 2. The predicted octanol–water partition coefficient (Wildman–Crippen LogP) is 1.01. The summed E-state index contributed by atoms with van der Waals surface area (Å²) in [4.78, 5) is 13.6. The molecule has 0 saturated carbocycles. The number of β-amino-alcohol motifs (C(OH)–C–C–N with tert-alkyl or cyclic N) is 1. The van der Waals surface area contributed by atoms with Gasteiger partial charge in [-0.2, -0.15) is 0 Å². The topological polar surface area (TPSA) is 40.5 Å². The minimum Gasteiger partial charge on any atom is -0.391 e.